The van der Waals surface area contributed by atoms with Crippen molar-refractivity contribution >= 4 is 12.9 Å². The van der Waals surface area contributed by atoms with Gasteiger partial charge >= 0.3 is 6.98 Å². The standard InChI is InChI=1S/C7H12BF3NO/c1-5-3-6(2)12(7(5)13)4-8(9,10)11/h5-6H,3-4H2,1-2H3/q-1. The van der Waals surface area contributed by atoms with Crippen molar-refractivity contribution in [3.8, 4) is 0 Å². The van der Waals surface area contributed by atoms with Gasteiger partial charge in [-0.25, -0.2) is 0 Å². The molecule has 1 fully saturated rings. The van der Waals surface area contributed by atoms with Gasteiger partial charge in [0.1, 0.15) is 0 Å². The lowest BCUT2D eigenvalue weighted by molar-refractivity contribution is -0.131. The average molecular weight is 194 g/mol. The Labute approximate surface area is 75.1 Å². The molecule has 0 spiro atoms. The normalized spacial score (nSPS) is 29.9. The zero-order valence-electron chi connectivity index (χ0n) is 7.64. The van der Waals surface area contributed by atoms with Gasteiger partial charge in [0.05, 0.1) is 0 Å². The van der Waals surface area contributed by atoms with E-state index in [1.807, 2.05) is 0 Å². The molecule has 6 heteroatoms. The minimum absolute atomic E-state index is 0.256. The third kappa shape index (κ3) is 2.38. The van der Waals surface area contributed by atoms with E-state index in [1.165, 1.54) is 0 Å². The van der Waals surface area contributed by atoms with Gasteiger partial charge in [0.2, 0.25) is 5.91 Å². The number of rotatable bonds is 2. The van der Waals surface area contributed by atoms with Crippen molar-refractivity contribution in [2.24, 2.45) is 5.92 Å². The van der Waals surface area contributed by atoms with Crippen LogP contribution in [-0.4, -0.2) is 30.3 Å². The second-order valence-electron chi connectivity index (χ2n) is 3.69. The number of nitrogens with zero attached hydrogens (tertiary/aromatic N) is 1. The molecule has 0 aromatic rings. The Morgan fingerprint density at radius 2 is 2.00 bits per heavy atom. The minimum Gasteiger partial charge on any atom is -0.448 e. The smallest absolute Gasteiger partial charge is 0.448 e. The van der Waals surface area contributed by atoms with Gasteiger partial charge in [-0.15, -0.1) is 0 Å². The molecule has 0 aromatic heterocycles. The molecule has 1 aliphatic rings. The van der Waals surface area contributed by atoms with Crippen LogP contribution in [0, 0.1) is 5.92 Å². The van der Waals surface area contributed by atoms with Gasteiger partial charge in [-0.3, -0.25) is 4.79 Å². The van der Waals surface area contributed by atoms with Crippen LogP contribution in [-0.2, 0) is 4.79 Å². The molecule has 2 unspecified atom stereocenters. The first-order valence-electron chi connectivity index (χ1n) is 4.32. The highest BCUT2D eigenvalue weighted by molar-refractivity contribution is 6.58. The summed E-state index contributed by atoms with van der Waals surface area (Å²) in [6.45, 7) is -1.56. The van der Waals surface area contributed by atoms with Gasteiger partial charge in [0.15, 0.2) is 0 Å². The molecule has 1 saturated heterocycles. The van der Waals surface area contributed by atoms with Gasteiger partial charge in [-0.1, -0.05) is 6.92 Å². The number of amides is 1. The monoisotopic (exact) mass is 194 g/mol. The third-order valence-corrected chi connectivity index (χ3v) is 2.34. The van der Waals surface area contributed by atoms with E-state index < -0.39 is 13.4 Å². The molecule has 1 heterocycles. The van der Waals surface area contributed by atoms with Crippen molar-refractivity contribution in [3.05, 3.63) is 0 Å². The van der Waals surface area contributed by atoms with Crippen LogP contribution in [0.25, 0.3) is 0 Å². The van der Waals surface area contributed by atoms with Crippen LogP contribution in [0.3, 0.4) is 0 Å². The van der Waals surface area contributed by atoms with E-state index in [2.05, 4.69) is 0 Å². The SMILES string of the molecule is CC1CC(C)N(C[B-](F)(F)F)C1=O. The van der Waals surface area contributed by atoms with Gasteiger partial charge < -0.3 is 17.8 Å². The summed E-state index contributed by atoms with van der Waals surface area (Å²) in [5, 5.41) is 0. The Kier molecular flexibility index (Phi) is 2.59. The van der Waals surface area contributed by atoms with Crippen LogP contribution in [0.5, 0.6) is 0 Å². The summed E-state index contributed by atoms with van der Waals surface area (Å²) >= 11 is 0. The first-order chi connectivity index (χ1) is 5.81. The quantitative estimate of drug-likeness (QED) is 0.611. The van der Waals surface area contributed by atoms with Crippen LogP contribution in [0.1, 0.15) is 20.3 Å². The predicted octanol–water partition coefficient (Wildman–Crippen LogP) is 1.63. The fraction of sp³-hybridized carbons (Fsp3) is 0.857. The molecule has 2 nitrogen and oxygen atoms in total. The Bertz CT molecular complexity index is 218. The second-order valence-corrected chi connectivity index (χ2v) is 3.69. The van der Waals surface area contributed by atoms with Crippen molar-refractivity contribution in [1.82, 2.24) is 4.90 Å². The molecule has 0 aromatic carbocycles. The summed E-state index contributed by atoms with van der Waals surface area (Å²) in [6.07, 6.45) is -0.519. The summed E-state index contributed by atoms with van der Waals surface area (Å²) in [6, 6.07) is -0.272. The first kappa shape index (κ1) is 10.4. The second kappa shape index (κ2) is 3.23. The highest BCUT2D eigenvalue weighted by Gasteiger charge is 2.38. The molecule has 13 heavy (non-hydrogen) atoms. The minimum atomic E-state index is -4.89. The molecular formula is C7H12BF3NO-. The number of halogens is 3. The molecule has 1 rings (SSSR count). The molecular weight excluding hydrogens is 182 g/mol. The zero-order chi connectivity index (χ0) is 10.2. The molecule has 76 valence electrons. The molecule has 1 aliphatic heterocycles. The van der Waals surface area contributed by atoms with Crippen molar-refractivity contribution in [2.45, 2.75) is 26.3 Å². The third-order valence-electron chi connectivity index (χ3n) is 2.34. The Morgan fingerprint density at radius 1 is 1.46 bits per heavy atom. The summed E-state index contributed by atoms with van der Waals surface area (Å²) < 4.78 is 36.1. The van der Waals surface area contributed by atoms with Crippen molar-refractivity contribution < 1.29 is 17.7 Å². The lowest BCUT2D eigenvalue weighted by Crippen LogP contribution is -2.42. The molecule has 0 aliphatic carbocycles. The molecule has 1 amide bonds. The number of carbonyl (C=O) groups excluding carboxylic acids is 1. The van der Waals surface area contributed by atoms with Crippen LogP contribution >= 0.6 is 0 Å². The van der Waals surface area contributed by atoms with Gasteiger partial charge in [-0.2, -0.15) is 0 Å². The maximum absolute atomic E-state index is 12.0. The maximum Gasteiger partial charge on any atom is 0.497 e. The van der Waals surface area contributed by atoms with Gasteiger partial charge in [0, 0.05) is 12.0 Å². The molecule has 2 atom stereocenters. The van der Waals surface area contributed by atoms with Crippen LogP contribution in [0.15, 0.2) is 0 Å². The van der Waals surface area contributed by atoms with E-state index in [0.717, 1.165) is 4.90 Å². The van der Waals surface area contributed by atoms with Gasteiger partial charge in [0.25, 0.3) is 0 Å². The van der Waals surface area contributed by atoms with E-state index in [4.69, 9.17) is 0 Å². The van der Waals surface area contributed by atoms with Crippen LogP contribution in [0.4, 0.5) is 12.9 Å². The van der Waals surface area contributed by atoms with E-state index in [0.29, 0.717) is 6.42 Å². The topological polar surface area (TPSA) is 20.3 Å². The maximum atomic E-state index is 12.0. The number of hydrogen-bond acceptors (Lipinski definition) is 1. The van der Waals surface area contributed by atoms with Gasteiger partial charge in [-0.05, 0) is 19.8 Å². The largest absolute Gasteiger partial charge is 0.497 e. The predicted molar refractivity (Wildman–Crippen MR) is 44.0 cm³/mol. The Morgan fingerprint density at radius 3 is 2.31 bits per heavy atom. The van der Waals surface area contributed by atoms with Crippen molar-refractivity contribution in [2.75, 3.05) is 6.44 Å². The van der Waals surface area contributed by atoms with Crippen molar-refractivity contribution in [3.63, 3.8) is 0 Å². The highest BCUT2D eigenvalue weighted by Crippen LogP contribution is 2.26. The summed E-state index contributed by atoms with van der Waals surface area (Å²) in [5.41, 5.74) is 0. The van der Waals surface area contributed by atoms with Crippen molar-refractivity contribution in [1.29, 1.82) is 0 Å². The fourth-order valence-electron chi connectivity index (χ4n) is 1.73. The zero-order valence-corrected chi connectivity index (χ0v) is 7.64. The average Bonchev–Trinajstić information content (AvgIpc) is 2.14. The molecule has 0 N–H and O–H groups in total. The lowest BCUT2D eigenvalue weighted by atomic mass is 9.91. The van der Waals surface area contributed by atoms with E-state index >= 15 is 0 Å². The summed E-state index contributed by atoms with van der Waals surface area (Å²) in [5.74, 6) is -0.625. The Balaban J connectivity index is 2.64. The van der Waals surface area contributed by atoms with Crippen LogP contribution in [0.2, 0.25) is 0 Å². The lowest BCUT2D eigenvalue weighted by Gasteiger charge is -2.27. The first-order valence-corrected chi connectivity index (χ1v) is 4.32. The number of likely N-dealkylation sites (tertiary alicyclic amines) is 1. The number of carbonyl (C=O) groups is 1. The summed E-state index contributed by atoms with van der Waals surface area (Å²) in [4.78, 5) is 12.2. The highest BCUT2D eigenvalue weighted by atomic mass is 19.4. The fourth-order valence-corrected chi connectivity index (χ4v) is 1.73. The Hall–Kier alpha value is -0.675. The number of hydrogen-bond donors (Lipinski definition) is 0. The van der Waals surface area contributed by atoms with E-state index in [9.17, 15) is 17.7 Å². The van der Waals surface area contributed by atoms with Crippen LogP contribution < -0.4 is 0 Å². The summed E-state index contributed by atoms with van der Waals surface area (Å²) in [7, 11) is 0. The molecule has 0 radical (unpaired) electrons. The van der Waals surface area contributed by atoms with E-state index in [-0.39, 0.29) is 17.9 Å². The van der Waals surface area contributed by atoms with E-state index in [1.54, 1.807) is 13.8 Å². The molecule has 0 saturated carbocycles. The molecule has 0 bridgehead atoms.